The van der Waals surface area contributed by atoms with Crippen LogP contribution in [0.3, 0.4) is 0 Å². The van der Waals surface area contributed by atoms with Crippen LogP contribution in [0, 0.1) is 0 Å². The quantitative estimate of drug-likeness (QED) is 0.318. The van der Waals surface area contributed by atoms with Crippen LogP contribution in [-0.2, 0) is 4.74 Å². The predicted molar refractivity (Wildman–Crippen MR) is 76.3 cm³/mol. The maximum atomic E-state index is 12.2. The zero-order valence-corrected chi connectivity index (χ0v) is 11.6. The molecule has 0 aliphatic carbocycles. The van der Waals surface area contributed by atoms with Gasteiger partial charge in [-0.2, -0.15) is 9.97 Å². The summed E-state index contributed by atoms with van der Waals surface area (Å²) in [5.74, 6) is -0.644. The smallest absolute Gasteiger partial charge is 0.353 e. The van der Waals surface area contributed by atoms with Crippen LogP contribution in [0.5, 0.6) is 0 Å². The molecule has 8 N–H and O–H groups in total. The van der Waals surface area contributed by atoms with Gasteiger partial charge in [0.15, 0.2) is 11.9 Å². The van der Waals surface area contributed by atoms with Gasteiger partial charge in [-0.05, 0) is 0 Å². The van der Waals surface area contributed by atoms with Gasteiger partial charge < -0.3 is 31.5 Å². The van der Waals surface area contributed by atoms with Gasteiger partial charge in [0.25, 0.3) is 5.56 Å². The summed E-state index contributed by atoms with van der Waals surface area (Å²) < 4.78 is 6.03. The molecule has 3 rings (SSSR count). The molecule has 1 fully saturated rings. The number of nitrogens with zero attached hydrogens (tertiary/aromatic N) is 3. The van der Waals surface area contributed by atoms with Crippen molar-refractivity contribution in [2.75, 3.05) is 18.1 Å². The molecule has 0 unspecified atom stereocenters. The summed E-state index contributed by atoms with van der Waals surface area (Å²) in [7, 11) is 0. The molecule has 12 heteroatoms. The van der Waals surface area contributed by atoms with Crippen LogP contribution < -0.4 is 22.7 Å². The SMILES string of the molecule is Nc1nc2c(c(N)nc(=O)n2[C@@H]2O[C@H](CO)[C@@H](O)[C@H]2O)c(=O)[nH]1. The second-order valence-electron chi connectivity index (χ2n) is 5.03. The number of rotatable bonds is 2. The van der Waals surface area contributed by atoms with E-state index in [0.717, 1.165) is 4.57 Å². The number of ether oxygens (including phenoxy) is 1. The summed E-state index contributed by atoms with van der Waals surface area (Å²) in [4.78, 5) is 33.7. The van der Waals surface area contributed by atoms with Gasteiger partial charge in [-0.3, -0.25) is 9.78 Å². The Balaban J connectivity index is 2.30. The highest BCUT2D eigenvalue weighted by atomic mass is 16.6. The van der Waals surface area contributed by atoms with Gasteiger partial charge in [-0.25, -0.2) is 9.36 Å². The standard InChI is InChI=1S/C11H14N6O6/c12-6-3-7(15-10(13)16-8(3)21)17(11(22)14-6)9-5(20)4(19)2(1-18)23-9/h2,4-5,9,18-20H,1H2,(H2,12,14,22)(H3,13,15,16,21)/t2-,4-,5-,9-/m1/s1. The summed E-state index contributed by atoms with van der Waals surface area (Å²) in [5.41, 5.74) is 9.11. The third kappa shape index (κ3) is 2.24. The molecule has 0 aromatic carbocycles. The zero-order valence-electron chi connectivity index (χ0n) is 11.6. The van der Waals surface area contributed by atoms with Crippen molar-refractivity contribution in [3.05, 3.63) is 20.8 Å². The minimum Gasteiger partial charge on any atom is -0.394 e. The van der Waals surface area contributed by atoms with E-state index in [1.54, 1.807) is 0 Å². The fourth-order valence-electron chi connectivity index (χ4n) is 2.51. The molecule has 2 aromatic heterocycles. The van der Waals surface area contributed by atoms with Gasteiger partial charge in [0.1, 0.15) is 29.5 Å². The molecule has 1 aliphatic heterocycles. The molecule has 0 saturated carbocycles. The second-order valence-corrected chi connectivity index (χ2v) is 5.03. The topological polar surface area (TPSA) is 203 Å². The Bertz CT molecular complexity index is 878. The minimum atomic E-state index is -1.55. The summed E-state index contributed by atoms with van der Waals surface area (Å²) in [6, 6.07) is 0. The molecule has 1 saturated heterocycles. The summed E-state index contributed by atoms with van der Waals surface area (Å²) in [6.45, 7) is -0.583. The van der Waals surface area contributed by atoms with E-state index in [2.05, 4.69) is 15.0 Å². The molecule has 1 aliphatic rings. The maximum Gasteiger partial charge on any atom is 0.353 e. The molecule has 3 heterocycles. The first kappa shape index (κ1) is 15.4. The van der Waals surface area contributed by atoms with Crippen LogP contribution >= 0.6 is 0 Å². The molecule has 4 atom stereocenters. The first-order chi connectivity index (χ1) is 10.8. The highest BCUT2D eigenvalue weighted by Gasteiger charge is 2.44. The molecule has 12 nitrogen and oxygen atoms in total. The Kier molecular flexibility index (Phi) is 3.52. The third-order valence-electron chi connectivity index (χ3n) is 3.60. The van der Waals surface area contributed by atoms with Crippen molar-refractivity contribution in [2.45, 2.75) is 24.5 Å². The Morgan fingerprint density at radius 2 is 1.91 bits per heavy atom. The Morgan fingerprint density at radius 3 is 2.52 bits per heavy atom. The molecule has 23 heavy (non-hydrogen) atoms. The molecular weight excluding hydrogens is 312 g/mol. The van der Waals surface area contributed by atoms with Crippen LogP contribution in [0.25, 0.3) is 11.0 Å². The van der Waals surface area contributed by atoms with Crippen molar-refractivity contribution < 1.29 is 20.1 Å². The lowest BCUT2D eigenvalue weighted by molar-refractivity contribution is -0.0529. The maximum absolute atomic E-state index is 12.2. The summed E-state index contributed by atoms with van der Waals surface area (Å²) in [5, 5.41) is 28.8. The molecule has 0 amide bonds. The van der Waals surface area contributed by atoms with Crippen molar-refractivity contribution >= 4 is 22.8 Å². The van der Waals surface area contributed by atoms with Crippen molar-refractivity contribution in [2.24, 2.45) is 0 Å². The molecule has 0 spiro atoms. The van der Waals surface area contributed by atoms with E-state index >= 15 is 0 Å². The number of H-pyrrole nitrogens is 1. The summed E-state index contributed by atoms with van der Waals surface area (Å²) >= 11 is 0. The normalized spacial score (nSPS) is 27.6. The molecule has 2 aromatic rings. The van der Waals surface area contributed by atoms with E-state index < -0.39 is 42.4 Å². The number of aliphatic hydroxyl groups excluding tert-OH is 3. The summed E-state index contributed by atoms with van der Waals surface area (Å²) in [6.07, 6.45) is -5.53. The predicted octanol–water partition coefficient (Wildman–Crippen LogP) is -3.74. The molecule has 0 radical (unpaired) electrons. The number of aromatic nitrogens is 4. The Hall–Kier alpha value is -2.54. The van der Waals surface area contributed by atoms with Crippen molar-refractivity contribution in [3.8, 4) is 0 Å². The number of aliphatic hydroxyl groups is 3. The van der Waals surface area contributed by atoms with Crippen molar-refractivity contribution in [3.63, 3.8) is 0 Å². The van der Waals surface area contributed by atoms with Gasteiger partial charge in [0.2, 0.25) is 5.95 Å². The molecule has 124 valence electrons. The average molecular weight is 326 g/mol. The fraction of sp³-hybridized carbons (Fsp3) is 0.455. The Morgan fingerprint density at radius 1 is 1.22 bits per heavy atom. The van der Waals surface area contributed by atoms with E-state index in [4.69, 9.17) is 21.3 Å². The van der Waals surface area contributed by atoms with Gasteiger partial charge in [-0.1, -0.05) is 0 Å². The fourth-order valence-corrected chi connectivity index (χ4v) is 2.51. The van der Waals surface area contributed by atoms with Gasteiger partial charge >= 0.3 is 5.69 Å². The number of hydrogen-bond acceptors (Lipinski definition) is 10. The minimum absolute atomic E-state index is 0.212. The second kappa shape index (κ2) is 5.27. The van der Waals surface area contributed by atoms with Crippen LogP contribution in [0.2, 0.25) is 0 Å². The number of nitrogens with one attached hydrogen (secondary N) is 1. The first-order valence-corrected chi connectivity index (χ1v) is 6.55. The Labute approximate surface area is 127 Å². The van der Waals surface area contributed by atoms with E-state index in [1.165, 1.54) is 0 Å². The lowest BCUT2D eigenvalue weighted by atomic mass is 10.1. The highest BCUT2D eigenvalue weighted by Crippen LogP contribution is 2.30. The van der Waals surface area contributed by atoms with Crippen LogP contribution in [0.15, 0.2) is 9.59 Å². The van der Waals surface area contributed by atoms with E-state index in [0.29, 0.717) is 0 Å². The number of aromatic amines is 1. The number of hydrogen-bond donors (Lipinski definition) is 6. The number of nitrogen functional groups attached to an aromatic ring is 2. The monoisotopic (exact) mass is 326 g/mol. The third-order valence-corrected chi connectivity index (χ3v) is 3.60. The van der Waals surface area contributed by atoms with Crippen molar-refractivity contribution in [1.82, 2.24) is 19.5 Å². The largest absolute Gasteiger partial charge is 0.394 e. The van der Waals surface area contributed by atoms with Crippen LogP contribution in [-0.4, -0.2) is 59.8 Å². The van der Waals surface area contributed by atoms with Gasteiger partial charge in [0.05, 0.1) is 6.61 Å². The highest BCUT2D eigenvalue weighted by molar-refractivity contribution is 5.85. The molecule has 0 bridgehead atoms. The van der Waals surface area contributed by atoms with Gasteiger partial charge in [0, 0.05) is 0 Å². The lowest BCUT2D eigenvalue weighted by Crippen LogP contribution is -2.37. The van der Waals surface area contributed by atoms with Gasteiger partial charge in [-0.15, -0.1) is 0 Å². The van der Waals surface area contributed by atoms with Crippen LogP contribution in [0.4, 0.5) is 11.8 Å². The zero-order chi connectivity index (χ0) is 16.9. The number of anilines is 2. The number of nitrogens with two attached hydrogens (primary N) is 2. The van der Waals surface area contributed by atoms with E-state index in [-0.39, 0.29) is 22.8 Å². The van der Waals surface area contributed by atoms with E-state index in [9.17, 15) is 19.8 Å². The number of fused-ring (bicyclic) bond motifs is 1. The molecular formula is C11H14N6O6. The van der Waals surface area contributed by atoms with E-state index in [1.807, 2.05) is 0 Å². The first-order valence-electron chi connectivity index (χ1n) is 6.55. The van der Waals surface area contributed by atoms with Crippen molar-refractivity contribution in [1.29, 1.82) is 0 Å². The van der Waals surface area contributed by atoms with Crippen LogP contribution in [0.1, 0.15) is 6.23 Å². The average Bonchev–Trinajstić information content (AvgIpc) is 2.74. The lowest BCUT2D eigenvalue weighted by Gasteiger charge is -2.19.